The van der Waals surface area contributed by atoms with Crippen LogP contribution < -0.4 is 0 Å². The van der Waals surface area contributed by atoms with Crippen molar-refractivity contribution in [1.82, 2.24) is 4.57 Å². The SMILES string of the molecule is c1ccc2c(c1)c1cccc3oc4c(-n5c6ccccc6c6ccccc65)ccc2c4c31. The summed E-state index contributed by atoms with van der Waals surface area (Å²) in [6.07, 6.45) is 0. The zero-order valence-corrected chi connectivity index (χ0v) is 17.2. The molecule has 0 fully saturated rings. The van der Waals surface area contributed by atoms with Gasteiger partial charge in [-0.2, -0.15) is 0 Å². The van der Waals surface area contributed by atoms with Crippen molar-refractivity contribution in [2.75, 3.05) is 0 Å². The van der Waals surface area contributed by atoms with E-state index in [1.807, 2.05) is 0 Å². The molecule has 2 aromatic heterocycles. The molecule has 0 atom stereocenters. The minimum atomic E-state index is 0.946. The fourth-order valence-electron chi connectivity index (χ4n) is 5.67. The number of para-hydroxylation sites is 2. The van der Waals surface area contributed by atoms with Gasteiger partial charge in [0.15, 0.2) is 5.58 Å². The fourth-order valence-corrected chi connectivity index (χ4v) is 5.67. The summed E-state index contributed by atoms with van der Waals surface area (Å²) in [6, 6.07) is 36.8. The summed E-state index contributed by atoms with van der Waals surface area (Å²) in [7, 11) is 0. The monoisotopic (exact) mass is 407 g/mol. The smallest absolute Gasteiger partial charge is 0.160 e. The molecule has 0 unspecified atom stereocenters. The largest absolute Gasteiger partial charge is 0.454 e. The third-order valence-electron chi connectivity index (χ3n) is 6.95. The predicted octanol–water partition coefficient (Wildman–Crippen LogP) is 8.43. The average molecular weight is 407 g/mol. The highest BCUT2D eigenvalue weighted by atomic mass is 16.3. The lowest BCUT2D eigenvalue weighted by atomic mass is 9.94. The van der Waals surface area contributed by atoms with E-state index >= 15 is 0 Å². The topological polar surface area (TPSA) is 18.1 Å². The van der Waals surface area contributed by atoms with Gasteiger partial charge < -0.3 is 8.98 Å². The summed E-state index contributed by atoms with van der Waals surface area (Å²) in [5, 5.41) is 10.0. The van der Waals surface area contributed by atoms with Gasteiger partial charge in [0.2, 0.25) is 0 Å². The molecule has 0 spiro atoms. The van der Waals surface area contributed by atoms with E-state index in [-0.39, 0.29) is 0 Å². The lowest BCUT2D eigenvalue weighted by Crippen LogP contribution is -1.94. The van der Waals surface area contributed by atoms with Crippen LogP contribution in [0.3, 0.4) is 0 Å². The van der Waals surface area contributed by atoms with E-state index in [2.05, 4.69) is 108 Å². The van der Waals surface area contributed by atoms with Crippen LogP contribution in [0.2, 0.25) is 0 Å². The van der Waals surface area contributed by atoms with Gasteiger partial charge in [-0.1, -0.05) is 78.9 Å². The number of hydrogen-bond donors (Lipinski definition) is 0. The van der Waals surface area contributed by atoms with Crippen LogP contribution in [-0.4, -0.2) is 4.57 Å². The molecule has 0 aliphatic carbocycles. The normalized spacial score (nSPS) is 12.4. The highest BCUT2D eigenvalue weighted by Crippen LogP contribution is 2.45. The van der Waals surface area contributed by atoms with Gasteiger partial charge in [0.25, 0.3) is 0 Å². The Hall–Kier alpha value is -4.30. The Labute approximate surface area is 183 Å². The Balaban J connectivity index is 1.64. The number of fused-ring (bicyclic) bond motifs is 6. The summed E-state index contributed by atoms with van der Waals surface area (Å²) < 4.78 is 8.97. The third-order valence-corrected chi connectivity index (χ3v) is 6.95. The van der Waals surface area contributed by atoms with E-state index in [4.69, 9.17) is 4.42 Å². The second-order valence-electron chi connectivity index (χ2n) is 8.53. The summed E-state index contributed by atoms with van der Waals surface area (Å²) in [6.45, 7) is 0. The van der Waals surface area contributed by atoms with Crippen LogP contribution in [0.25, 0.3) is 71.0 Å². The molecule has 32 heavy (non-hydrogen) atoms. The maximum atomic E-state index is 6.62. The zero-order chi connectivity index (χ0) is 20.8. The minimum Gasteiger partial charge on any atom is -0.454 e. The third kappa shape index (κ3) is 1.86. The quantitative estimate of drug-likeness (QED) is 0.250. The van der Waals surface area contributed by atoms with Crippen LogP contribution in [0.5, 0.6) is 0 Å². The van der Waals surface area contributed by atoms with Crippen LogP contribution in [0.15, 0.2) is 108 Å². The standard InChI is InChI=1S/C30H17NO/c1-2-9-19-18(8-1)22-12-7-15-27-28(22)29-23(19)16-17-26(30(29)32-27)31-24-13-5-3-10-20(24)21-11-4-6-14-25(21)31/h1-17H. The molecule has 2 heteroatoms. The van der Waals surface area contributed by atoms with Crippen LogP contribution in [-0.2, 0) is 0 Å². The van der Waals surface area contributed by atoms with Crippen LogP contribution >= 0.6 is 0 Å². The Morgan fingerprint density at radius 3 is 1.69 bits per heavy atom. The highest BCUT2D eigenvalue weighted by molar-refractivity contribution is 6.33. The van der Waals surface area contributed by atoms with Crippen LogP contribution in [0.4, 0.5) is 0 Å². The Morgan fingerprint density at radius 1 is 0.438 bits per heavy atom. The molecule has 0 saturated heterocycles. The van der Waals surface area contributed by atoms with Crippen molar-refractivity contribution in [2.45, 2.75) is 0 Å². The molecule has 0 amide bonds. The van der Waals surface area contributed by atoms with Gasteiger partial charge in [0, 0.05) is 21.5 Å². The number of furan rings is 1. The molecular formula is C30H17NO. The van der Waals surface area contributed by atoms with Gasteiger partial charge in [0.05, 0.1) is 16.7 Å². The van der Waals surface area contributed by atoms with Gasteiger partial charge in [-0.15, -0.1) is 0 Å². The first kappa shape index (κ1) is 16.4. The van der Waals surface area contributed by atoms with Crippen molar-refractivity contribution in [3.63, 3.8) is 0 Å². The van der Waals surface area contributed by atoms with E-state index in [0.29, 0.717) is 0 Å². The van der Waals surface area contributed by atoms with Gasteiger partial charge >= 0.3 is 0 Å². The summed E-state index contributed by atoms with van der Waals surface area (Å²) >= 11 is 0. The molecule has 148 valence electrons. The van der Waals surface area contributed by atoms with E-state index in [1.54, 1.807) is 0 Å². The van der Waals surface area contributed by atoms with Crippen LogP contribution in [0.1, 0.15) is 0 Å². The second kappa shape index (κ2) is 5.68. The number of benzene rings is 6. The first-order chi connectivity index (χ1) is 15.9. The molecule has 0 N–H and O–H groups in total. The lowest BCUT2D eigenvalue weighted by Gasteiger charge is -2.12. The summed E-state index contributed by atoms with van der Waals surface area (Å²) in [5.74, 6) is 0. The Kier molecular flexibility index (Phi) is 2.91. The van der Waals surface area contributed by atoms with E-state index in [1.165, 1.54) is 54.1 Å². The van der Waals surface area contributed by atoms with Crippen LogP contribution in [0, 0.1) is 0 Å². The predicted molar refractivity (Wildman–Crippen MR) is 134 cm³/mol. The van der Waals surface area contributed by atoms with E-state index in [0.717, 1.165) is 16.9 Å². The van der Waals surface area contributed by atoms with Crippen molar-refractivity contribution in [3.05, 3.63) is 103 Å². The number of rotatable bonds is 1. The maximum absolute atomic E-state index is 6.62. The molecule has 0 aliphatic rings. The van der Waals surface area contributed by atoms with Crippen molar-refractivity contribution < 1.29 is 4.42 Å². The first-order valence-corrected chi connectivity index (χ1v) is 11.0. The average Bonchev–Trinajstić information content (AvgIpc) is 3.40. The van der Waals surface area contributed by atoms with Crippen molar-refractivity contribution in [1.29, 1.82) is 0 Å². The molecule has 0 radical (unpaired) electrons. The van der Waals surface area contributed by atoms with Crippen molar-refractivity contribution in [3.8, 4) is 5.69 Å². The Morgan fingerprint density at radius 2 is 1.00 bits per heavy atom. The minimum absolute atomic E-state index is 0.946. The summed E-state index contributed by atoms with van der Waals surface area (Å²) in [5.41, 5.74) is 5.37. The summed E-state index contributed by atoms with van der Waals surface area (Å²) in [4.78, 5) is 0. The van der Waals surface area contributed by atoms with Gasteiger partial charge in [-0.05, 0) is 45.8 Å². The Bertz CT molecular complexity index is 1930. The molecule has 8 aromatic rings. The lowest BCUT2D eigenvalue weighted by molar-refractivity contribution is 0.667. The molecule has 0 aliphatic heterocycles. The maximum Gasteiger partial charge on any atom is 0.160 e. The zero-order valence-electron chi connectivity index (χ0n) is 17.2. The fraction of sp³-hybridized carbons (Fsp3) is 0. The number of nitrogens with zero attached hydrogens (tertiary/aromatic N) is 1. The number of aromatic nitrogens is 1. The van der Waals surface area contributed by atoms with Crippen molar-refractivity contribution >= 4 is 65.3 Å². The van der Waals surface area contributed by atoms with Gasteiger partial charge in [-0.3, -0.25) is 0 Å². The van der Waals surface area contributed by atoms with Crippen molar-refractivity contribution in [2.24, 2.45) is 0 Å². The molecule has 2 heterocycles. The first-order valence-electron chi connectivity index (χ1n) is 11.0. The second-order valence-corrected chi connectivity index (χ2v) is 8.53. The number of hydrogen-bond acceptors (Lipinski definition) is 1. The molecular weight excluding hydrogens is 390 g/mol. The van der Waals surface area contributed by atoms with Gasteiger partial charge in [-0.25, -0.2) is 0 Å². The molecule has 0 bridgehead atoms. The van der Waals surface area contributed by atoms with E-state index in [9.17, 15) is 0 Å². The molecule has 0 saturated carbocycles. The van der Waals surface area contributed by atoms with Gasteiger partial charge in [0.1, 0.15) is 5.58 Å². The molecule has 6 aromatic carbocycles. The molecule has 8 rings (SSSR count). The van der Waals surface area contributed by atoms with E-state index < -0.39 is 0 Å². The highest BCUT2D eigenvalue weighted by Gasteiger charge is 2.21. The molecule has 2 nitrogen and oxygen atoms in total.